The van der Waals surface area contributed by atoms with Gasteiger partial charge in [-0.05, 0) is 80.5 Å². The number of hydrogen-bond acceptors (Lipinski definition) is 7. The summed E-state index contributed by atoms with van der Waals surface area (Å²) in [5.74, 6) is -1.16. The molecule has 0 aliphatic rings. The van der Waals surface area contributed by atoms with Gasteiger partial charge in [0.1, 0.15) is 28.5 Å². The van der Waals surface area contributed by atoms with Gasteiger partial charge < -0.3 is 14.3 Å². The van der Waals surface area contributed by atoms with E-state index in [0.29, 0.717) is 22.2 Å². The van der Waals surface area contributed by atoms with Crippen molar-refractivity contribution in [1.29, 1.82) is 0 Å². The number of rotatable bonds is 9. The van der Waals surface area contributed by atoms with Crippen molar-refractivity contribution in [3.8, 4) is 28.3 Å². The van der Waals surface area contributed by atoms with Gasteiger partial charge in [-0.25, -0.2) is 18.4 Å². The number of nitrogens with zero attached hydrogens (tertiary/aromatic N) is 5. The van der Waals surface area contributed by atoms with Gasteiger partial charge in [0, 0.05) is 28.3 Å². The van der Waals surface area contributed by atoms with Crippen LogP contribution in [0.4, 0.5) is 22.0 Å². The summed E-state index contributed by atoms with van der Waals surface area (Å²) in [6.45, 7) is 11.8. The molecule has 0 radical (unpaired) electrons. The summed E-state index contributed by atoms with van der Waals surface area (Å²) < 4.78 is 88.4. The molecule has 0 bridgehead atoms. The minimum atomic E-state index is -5.32. The van der Waals surface area contributed by atoms with Crippen LogP contribution in [-0.2, 0) is 22.2 Å². The Morgan fingerprint density at radius 1 is 0.918 bits per heavy atom. The van der Waals surface area contributed by atoms with E-state index in [2.05, 4.69) is 20.3 Å². The van der Waals surface area contributed by atoms with Crippen molar-refractivity contribution in [1.82, 2.24) is 25.0 Å². The van der Waals surface area contributed by atoms with Gasteiger partial charge in [0.05, 0.1) is 31.1 Å². The van der Waals surface area contributed by atoms with E-state index in [-0.39, 0.29) is 21.9 Å². The molecule has 0 saturated carbocycles. The fourth-order valence-electron chi connectivity index (χ4n) is 5.35. The van der Waals surface area contributed by atoms with E-state index in [1.807, 2.05) is 33.9 Å². The maximum atomic E-state index is 16.5. The van der Waals surface area contributed by atoms with Crippen LogP contribution < -0.4 is 4.74 Å². The number of halogens is 5. The first-order chi connectivity index (χ1) is 22.7. The molecular weight excluding hydrogens is 661 g/mol. The molecule has 0 aliphatic carbocycles. The Hall–Kier alpha value is -4.27. The third-order valence-electron chi connectivity index (χ3n) is 9.05. The third kappa shape index (κ3) is 6.94. The summed E-state index contributed by atoms with van der Waals surface area (Å²) >= 11 is 0. The lowest BCUT2D eigenvalue weighted by atomic mass is 9.90. The Balaban J connectivity index is 1.65. The summed E-state index contributed by atoms with van der Waals surface area (Å²) in [6.07, 6.45) is -2.46. The van der Waals surface area contributed by atoms with E-state index in [1.165, 1.54) is 25.4 Å². The highest BCUT2D eigenvalue weighted by Gasteiger charge is 2.57. The number of aliphatic hydroxyl groups is 1. The van der Waals surface area contributed by atoms with E-state index in [1.54, 1.807) is 44.3 Å². The van der Waals surface area contributed by atoms with Crippen molar-refractivity contribution in [3.63, 3.8) is 0 Å². The molecule has 0 spiro atoms. The van der Waals surface area contributed by atoms with Crippen LogP contribution >= 0.6 is 0 Å². The molecule has 49 heavy (non-hydrogen) atoms. The molecule has 14 heteroatoms. The number of fused-ring (bicyclic) bond motifs is 1. The zero-order valence-electron chi connectivity index (χ0n) is 28.4. The molecule has 0 fully saturated rings. The molecule has 5 rings (SSSR count). The van der Waals surface area contributed by atoms with E-state index in [0.717, 1.165) is 22.9 Å². The second kappa shape index (κ2) is 12.6. The Bertz CT molecular complexity index is 1990. The molecule has 8 nitrogen and oxygen atoms in total. The highest BCUT2D eigenvalue weighted by atomic mass is 28.4. The van der Waals surface area contributed by atoms with Crippen molar-refractivity contribution in [3.05, 3.63) is 89.9 Å². The largest absolute Gasteiger partial charge is 0.494 e. The average Bonchev–Trinajstić information content (AvgIpc) is 3.47. The summed E-state index contributed by atoms with van der Waals surface area (Å²) in [5.41, 5.74) is -5.48. The van der Waals surface area contributed by atoms with Gasteiger partial charge >= 0.3 is 6.18 Å². The Morgan fingerprint density at radius 2 is 1.59 bits per heavy atom. The van der Waals surface area contributed by atoms with Gasteiger partial charge in [0.25, 0.3) is 0 Å². The minimum Gasteiger partial charge on any atom is -0.494 e. The smallest absolute Gasteiger partial charge is 0.424 e. The second-order valence-corrected chi connectivity index (χ2v) is 18.7. The molecule has 1 atom stereocenters. The van der Waals surface area contributed by atoms with Crippen molar-refractivity contribution in [2.45, 2.75) is 76.7 Å². The first-order valence-electron chi connectivity index (χ1n) is 15.5. The summed E-state index contributed by atoms with van der Waals surface area (Å²) in [6, 6.07) is 12.3. The molecule has 3 aromatic heterocycles. The molecule has 0 aliphatic heterocycles. The molecule has 0 amide bonds. The number of benzene rings is 2. The topological polar surface area (TPSA) is 95.2 Å². The first-order valence-corrected chi connectivity index (χ1v) is 18.4. The quantitative estimate of drug-likeness (QED) is 0.122. The second-order valence-electron chi connectivity index (χ2n) is 14.0. The lowest BCUT2D eigenvalue weighted by molar-refractivity contribution is -0.274. The van der Waals surface area contributed by atoms with Crippen LogP contribution in [0, 0.1) is 11.6 Å². The molecule has 3 heterocycles. The van der Waals surface area contributed by atoms with Crippen LogP contribution in [0.3, 0.4) is 0 Å². The lowest BCUT2D eigenvalue weighted by Gasteiger charge is -2.43. The maximum absolute atomic E-state index is 16.5. The summed E-state index contributed by atoms with van der Waals surface area (Å²) in [7, 11) is -1.15. The maximum Gasteiger partial charge on any atom is 0.424 e. The van der Waals surface area contributed by atoms with Crippen LogP contribution in [-0.4, -0.2) is 51.7 Å². The van der Waals surface area contributed by atoms with E-state index in [9.17, 15) is 9.50 Å². The predicted octanol–water partition coefficient (Wildman–Crippen LogP) is 8.55. The average molecular weight is 700 g/mol. The van der Waals surface area contributed by atoms with Gasteiger partial charge in [0.15, 0.2) is 14.1 Å². The van der Waals surface area contributed by atoms with Crippen molar-refractivity contribution >= 4 is 19.2 Å². The summed E-state index contributed by atoms with van der Waals surface area (Å²) in [5, 5.41) is 20.0. The van der Waals surface area contributed by atoms with Crippen LogP contribution in [0.1, 0.15) is 45.9 Å². The number of ether oxygens (including phenoxy) is 1. The Labute approximate surface area is 282 Å². The third-order valence-corrected chi connectivity index (χ3v) is 13.7. The van der Waals surface area contributed by atoms with Gasteiger partial charge in [-0.1, -0.05) is 32.1 Å². The van der Waals surface area contributed by atoms with Gasteiger partial charge in [-0.3, -0.25) is 4.98 Å². The molecular formula is C35H38F5N5O3Si. The molecule has 260 valence electrons. The Kier molecular flexibility index (Phi) is 9.23. The molecule has 0 saturated heterocycles. The van der Waals surface area contributed by atoms with Gasteiger partial charge in [-0.15, -0.1) is 5.10 Å². The van der Waals surface area contributed by atoms with Crippen molar-refractivity contribution in [2.24, 2.45) is 0 Å². The lowest BCUT2D eigenvalue weighted by Crippen LogP contribution is -2.48. The SMILES string of the molecule is COc1cc(-c2cn(C[C@](O)(c3cc(C(C)(C)O[Si](C)(C)C(C)(C)C)c(F)c(-c4ccc(F)cc4)n3)C(F)(F)F)nn2)cc2cccnc12. The molecule has 2 aromatic carbocycles. The fraction of sp³-hybridized carbons (Fsp3) is 0.371. The normalized spacial score (nSPS) is 14.2. The van der Waals surface area contributed by atoms with E-state index >= 15 is 17.6 Å². The number of aromatic nitrogens is 5. The van der Waals surface area contributed by atoms with Crippen LogP contribution in [0.15, 0.2) is 67.0 Å². The molecule has 0 unspecified atom stereocenters. The number of methoxy groups -OCH3 is 1. The Morgan fingerprint density at radius 3 is 2.20 bits per heavy atom. The fourth-order valence-corrected chi connectivity index (χ4v) is 7.04. The van der Waals surface area contributed by atoms with Crippen LogP contribution in [0.25, 0.3) is 33.4 Å². The standard InChI is InChI=1S/C35H38F5N5O3Si/c1-32(2,3)49(7,8)48-33(4,5)25-18-28(42-31(29(25)37)21-11-13-24(36)14-12-21)34(46,35(38,39)40)20-45-19-26(43-44-45)23-16-22-10-9-15-41-30(22)27(17-23)47-6/h9-19,46H,20H2,1-8H3/t34-/m0/s1. The monoisotopic (exact) mass is 699 g/mol. The zero-order valence-corrected chi connectivity index (χ0v) is 29.4. The van der Waals surface area contributed by atoms with Crippen LogP contribution in [0.5, 0.6) is 5.75 Å². The van der Waals surface area contributed by atoms with Crippen molar-refractivity contribution < 1.29 is 36.2 Å². The highest BCUT2D eigenvalue weighted by molar-refractivity contribution is 6.74. The highest BCUT2D eigenvalue weighted by Crippen LogP contribution is 2.46. The summed E-state index contributed by atoms with van der Waals surface area (Å²) in [4.78, 5) is 8.36. The van der Waals surface area contributed by atoms with Crippen molar-refractivity contribution in [2.75, 3.05) is 7.11 Å². The minimum absolute atomic E-state index is 0.0115. The van der Waals surface area contributed by atoms with Gasteiger partial charge in [0.2, 0.25) is 5.60 Å². The van der Waals surface area contributed by atoms with Gasteiger partial charge in [-0.2, -0.15) is 13.2 Å². The first kappa shape index (κ1) is 36.0. The number of pyridine rings is 2. The predicted molar refractivity (Wildman–Crippen MR) is 178 cm³/mol. The van der Waals surface area contributed by atoms with Crippen LogP contribution in [0.2, 0.25) is 18.1 Å². The molecule has 5 aromatic rings. The zero-order chi connectivity index (χ0) is 36.2. The van der Waals surface area contributed by atoms with E-state index < -0.39 is 55.3 Å². The number of alkyl halides is 3. The van der Waals surface area contributed by atoms with E-state index in [4.69, 9.17) is 9.16 Å². The molecule has 1 N–H and O–H groups in total. The number of hydrogen-bond donors (Lipinski definition) is 1.